The smallest absolute Gasteiger partial charge is 0.246 e. The number of carbonyl (C=O) groups excluding carboxylic acids is 2. The number of phenols is 1. The number of aromatic hydroxyl groups is 1. The lowest BCUT2D eigenvalue weighted by Gasteiger charge is -2.45. The van der Waals surface area contributed by atoms with Gasteiger partial charge in [0.25, 0.3) is 0 Å². The maximum absolute atomic E-state index is 13.2. The average molecular weight is 449 g/mol. The molecule has 3 heterocycles. The van der Waals surface area contributed by atoms with Crippen molar-refractivity contribution >= 4 is 11.8 Å². The van der Waals surface area contributed by atoms with Crippen molar-refractivity contribution in [3.63, 3.8) is 0 Å². The van der Waals surface area contributed by atoms with Gasteiger partial charge in [0.05, 0.1) is 11.9 Å². The van der Waals surface area contributed by atoms with Crippen LogP contribution in [-0.2, 0) is 22.6 Å². The fraction of sp³-hybridized carbons (Fsp3) is 0.292. The lowest BCUT2D eigenvalue weighted by molar-refractivity contribution is -0.153. The molecule has 3 aromatic rings. The summed E-state index contributed by atoms with van der Waals surface area (Å²) in [6.45, 7) is 2.19. The maximum atomic E-state index is 13.2. The predicted octanol–water partition coefficient (Wildman–Crippen LogP) is 1.47. The van der Waals surface area contributed by atoms with Crippen LogP contribution < -0.4 is 5.32 Å². The van der Waals surface area contributed by atoms with Crippen LogP contribution in [0.5, 0.6) is 5.75 Å². The van der Waals surface area contributed by atoms with Gasteiger partial charge in [-0.2, -0.15) is 5.10 Å². The molecular weight excluding hydrogens is 425 g/mol. The summed E-state index contributed by atoms with van der Waals surface area (Å²) in [7, 11) is 0. The van der Waals surface area contributed by atoms with Gasteiger partial charge in [-0.25, -0.2) is 9.07 Å². The zero-order chi connectivity index (χ0) is 22.9. The number of rotatable bonds is 5. The lowest BCUT2D eigenvalue weighted by atomic mass is 9.98. The molecule has 2 N–H and O–H groups in total. The van der Waals surface area contributed by atoms with Gasteiger partial charge in [-0.15, -0.1) is 0 Å². The number of hydrogen-bond donors (Lipinski definition) is 2. The minimum Gasteiger partial charge on any atom is -0.508 e. The van der Waals surface area contributed by atoms with Gasteiger partial charge >= 0.3 is 0 Å². The van der Waals surface area contributed by atoms with Crippen molar-refractivity contribution in [1.29, 1.82) is 0 Å². The highest BCUT2D eigenvalue weighted by Crippen LogP contribution is 2.21. The Kier molecular flexibility index (Phi) is 5.55. The summed E-state index contributed by atoms with van der Waals surface area (Å²) in [5.74, 6) is -0.353. The van der Waals surface area contributed by atoms with Gasteiger partial charge in [0.2, 0.25) is 11.8 Å². The molecular formula is C24H24FN5O3. The van der Waals surface area contributed by atoms with Crippen molar-refractivity contribution in [2.24, 2.45) is 0 Å². The van der Waals surface area contributed by atoms with Crippen molar-refractivity contribution in [2.45, 2.75) is 25.0 Å². The molecule has 33 heavy (non-hydrogen) atoms. The van der Waals surface area contributed by atoms with E-state index in [1.807, 2.05) is 6.20 Å². The first-order valence-corrected chi connectivity index (χ1v) is 10.9. The van der Waals surface area contributed by atoms with Crippen LogP contribution in [0.2, 0.25) is 0 Å². The van der Waals surface area contributed by atoms with Gasteiger partial charge in [0, 0.05) is 44.4 Å². The number of aromatic nitrogens is 2. The number of amides is 2. The summed E-state index contributed by atoms with van der Waals surface area (Å²) in [5.41, 5.74) is 2.62. The molecule has 8 nitrogen and oxygen atoms in total. The number of nitrogens with zero attached hydrogens (tertiary/aromatic N) is 4. The Morgan fingerprint density at radius 2 is 1.79 bits per heavy atom. The van der Waals surface area contributed by atoms with Gasteiger partial charge in [-0.05, 0) is 42.0 Å². The average Bonchev–Trinajstić information content (AvgIpc) is 3.27. The molecule has 0 bridgehead atoms. The number of nitrogens with one attached hydrogen (secondary N) is 1. The first kappa shape index (κ1) is 21.1. The fourth-order valence-electron chi connectivity index (χ4n) is 4.44. The second-order valence-corrected chi connectivity index (χ2v) is 8.48. The molecule has 0 spiro atoms. The standard InChI is InChI=1S/C24H24FN5O3/c25-18-3-5-19(6-4-18)30-14-17(12-26-30)13-28-9-10-29-22(15-28)23(32)27-21(24(29)33)11-16-1-7-20(31)8-2-16/h1-8,12,14,21-22,31H,9-11,13,15H2,(H,27,32)/t21-,22-/m1/s1. The van der Waals surface area contributed by atoms with Crippen LogP contribution in [0.3, 0.4) is 0 Å². The third kappa shape index (κ3) is 4.45. The Hall–Kier alpha value is -3.72. The number of carbonyl (C=O) groups is 2. The first-order valence-electron chi connectivity index (χ1n) is 10.9. The van der Waals surface area contributed by atoms with E-state index in [0.29, 0.717) is 32.6 Å². The molecule has 2 atom stereocenters. The number of hydrogen-bond acceptors (Lipinski definition) is 5. The summed E-state index contributed by atoms with van der Waals surface area (Å²) in [4.78, 5) is 29.7. The molecule has 2 saturated heterocycles. The third-order valence-corrected chi connectivity index (χ3v) is 6.17. The Morgan fingerprint density at radius 3 is 2.55 bits per heavy atom. The number of benzene rings is 2. The van der Waals surface area contributed by atoms with Gasteiger partial charge in [0.1, 0.15) is 23.7 Å². The van der Waals surface area contributed by atoms with Crippen molar-refractivity contribution < 1.29 is 19.1 Å². The highest BCUT2D eigenvalue weighted by Gasteiger charge is 2.43. The van der Waals surface area contributed by atoms with E-state index in [1.54, 1.807) is 52.2 Å². The lowest BCUT2D eigenvalue weighted by Crippen LogP contribution is -2.69. The largest absolute Gasteiger partial charge is 0.508 e. The van der Waals surface area contributed by atoms with Crippen LogP contribution in [0.15, 0.2) is 60.9 Å². The van der Waals surface area contributed by atoms with Gasteiger partial charge < -0.3 is 15.3 Å². The molecule has 2 aromatic carbocycles. The third-order valence-electron chi connectivity index (χ3n) is 6.17. The van der Waals surface area contributed by atoms with E-state index >= 15 is 0 Å². The van der Waals surface area contributed by atoms with E-state index in [9.17, 15) is 19.1 Å². The first-order chi connectivity index (χ1) is 16.0. The topological polar surface area (TPSA) is 90.7 Å². The van der Waals surface area contributed by atoms with E-state index in [0.717, 1.165) is 16.8 Å². The van der Waals surface area contributed by atoms with Gasteiger partial charge in [0.15, 0.2) is 0 Å². The normalized spacial score (nSPS) is 21.1. The molecule has 2 aliphatic heterocycles. The van der Waals surface area contributed by atoms with E-state index < -0.39 is 12.1 Å². The molecule has 2 fully saturated rings. The minimum atomic E-state index is -0.598. The van der Waals surface area contributed by atoms with Crippen LogP contribution >= 0.6 is 0 Å². The summed E-state index contributed by atoms with van der Waals surface area (Å²) in [5, 5.41) is 16.7. The van der Waals surface area contributed by atoms with Crippen molar-refractivity contribution in [3.8, 4) is 11.4 Å². The number of phenolic OH excluding ortho intramolecular Hbond substituents is 1. The minimum absolute atomic E-state index is 0.0727. The maximum Gasteiger partial charge on any atom is 0.246 e. The van der Waals surface area contributed by atoms with Crippen molar-refractivity contribution in [2.75, 3.05) is 19.6 Å². The predicted molar refractivity (Wildman–Crippen MR) is 118 cm³/mol. The van der Waals surface area contributed by atoms with Gasteiger partial charge in [-0.3, -0.25) is 14.5 Å². The highest BCUT2D eigenvalue weighted by atomic mass is 19.1. The van der Waals surface area contributed by atoms with Crippen LogP contribution in [0.25, 0.3) is 5.69 Å². The summed E-state index contributed by atoms with van der Waals surface area (Å²) in [6.07, 6.45) is 4.04. The molecule has 0 aliphatic carbocycles. The SMILES string of the molecule is O=C1N[C@H](Cc2ccc(O)cc2)C(=O)N2CCN(Cc3cnn(-c4ccc(F)cc4)c3)C[C@H]12. The number of piperazine rings is 2. The van der Waals surface area contributed by atoms with Crippen LogP contribution in [0.4, 0.5) is 4.39 Å². The Bertz CT molecular complexity index is 1160. The Labute approximate surface area is 190 Å². The summed E-state index contributed by atoms with van der Waals surface area (Å²) in [6, 6.07) is 11.7. The fourth-order valence-corrected chi connectivity index (χ4v) is 4.44. The molecule has 5 rings (SSSR count). The summed E-state index contributed by atoms with van der Waals surface area (Å²) < 4.78 is 14.8. The van der Waals surface area contributed by atoms with E-state index in [4.69, 9.17) is 0 Å². The molecule has 0 unspecified atom stereocenters. The molecule has 2 aliphatic rings. The van der Waals surface area contributed by atoms with E-state index in [2.05, 4.69) is 15.3 Å². The Morgan fingerprint density at radius 1 is 1.03 bits per heavy atom. The quantitative estimate of drug-likeness (QED) is 0.616. The molecule has 1 aromatic heterocycles. The van der Waals surface area contributed by atoms with Crippen LogP contribution in [0.1, 0.15) is 11.1 Å². The second kappa shape index (κ2) is 8.67. The van der Waals surface area contributed by atoms with Crippen molar-refractivity contribution in [1.82, 2.24) is 24.9 Å². The number of fused-ring (bicyclic) bond motifs is 1. The zero-order valence-corrected chi connectivity index (χ0v) is 17.9. The zero-order valence-electron chi connectivity index (χ0n) is 17.9. The molecule has 9 heteroatoms. The monoisotopic (exact) mass is 449 g/mol. The molecule has 170 valence electrons. The molecule has 2 amide bonds. The Balaban J connectivity index is 1.22. The summed E-state index contributed by atoms with van der Waals surface area (Å²) >= 11 is 0. The number of halogens is 1. The van der Waals surface area contributed by atoms with Crippen LogP contribution in [-0.4, -0.2) is 68.2 Å². The van der Waals surface area contributed by atoms with E-state index in [-0.39, 0.29) is 23.4 Å². The molecule has 0 saturated carbocycles. The highest BCUT2D eigenvalue weighted by molar-refractivity contribution is 5.97. The van der Waals surface area contributed by atoms with Crippen LogP contribution in [0, 0.1) is 5.82 Å². The van der Waals surface area contributed by atoms with E-state index in [1.165, 1.54) is 12.1 Å². The molecule has 0 radical (unpaired) electrons. The second-order valence-electron chi connectivity index (χ2n) is 8.48. The van der Waals surface area contributed by atoms with Gasteiger partial charge in [-0.1, -0.05) is 12.1 Å². The van der Waals surface area contributed by atoms with Crippen molar-refractivity contribution in [3.05, 3.63) is 77.9 Å².